The summed E-state index contributed by atoms with van der Waals surface area (Å²) in [7, 11) is 0. The van der Waals surface area contributed by atoms with Gasteiger partial charge in [-0.05, 0) is 0 Å². The van der Waals surface area contributed by atoms with Crippen LogP contribution in [0.4, 0.5) is 14.6 Å². The van der Waals surface area contributed by atoms with E-state index in [0.717, 1.165) is 6.20 Å². The molecule has 13 heavy (non-hydrogen) atoms. The summed E-state index contributed by atoms with van der Waals surface area (Å²) in [6, 6.07) is 0. The average molecular weight is 207 g/mol. The molecule has 0 fully saturated rings. The van der Waals surface area contributed by atoms with Gasteiger partial charge in [-0.25, -0.2) is 13.8 Å². The highest BCUT2D eigenvalue weighted by molar-refractivity contribution is 6.34. The molecule has 2 N–H and O–H groups in total. The number of pyridine rings is 1. The Morgan fingerprint density at radius 1 is 1.62 bits per heavy atom. The third-order valence-electron chi connectivity index (χ3n) is 1.46. The Morgan fingerprint density at radius 2 is 2.23 bits per heavy atom. The van der Waals surface area contributed by atoms with E-state index in [9.17, 15) is 13.6 Å². The van der Waals surface area contributed by atoms with Crippen molar-refractivity contribution in [1.82, 2.24) is 4.98 Å². The number of nitrogens with zero attached hydrogens (tertiary/aromatic N) is 1. The molecule has 0 bridgehead atoms. The molecule has 0 saturated carbocycles. The fourth-order valence-electron chi connectivity index (χ4n) is 0.797. The second-order valence-electron chi connectivity index (χ2n) is 2.24. The predicted molar refractivity (Wildman–Crippen MR) is 44.0 cm³/mol. The van der Waals surface area contributed by atoms with Gasteiger partial charge in [0.1, 0.15) is 5.82 Å². The van der Waals surface area contributed by atoms with E-state index in [1.165, 1.54) is 0 Å². The molecule has 0 aliphatic carbocycles. The Morgan fingerprint density at radius 3 is 2.69 bits per heavy atom. The van der Waals surface area contributed by atoms with Crippen molar-refractivity contribution in [2.24, 2.45) is 0 Å². The molecule has 0 atom stereocenters. The molecule has 0 aliphatic rings. The molecular formula is C7H5ClF2N2O. The van der Waals surface area contributed by atoms with E-state index < -0.39 is 12.0 Å². The van der Waals surface area contributed by atoms with Crippen molar-refractivity contribution in [1.29, 1.82) is 0 Å². The zero-order chi connectivity index (χ0) is 10.0. The topological polar surface area (TPSA) is 56.0 Å². The number of alkyl halides is 2. The van der Waals surface area contributed by atoms with Crippen LogP contribution in [0.2, 0.25) is 5.02 Å². The van der Waals surface area contributed by atoms with Crippen molar-refractivity contribution in [3.05, 3.63) is 22.3 Å². The molecule has 6 heteroatoms. The number of rotatable bonds is 2. The Hall–Kier alpha value is -1.23. The van der Waals surface area contributed by atoms with Crippen LogP contribution in [-0.2, 0) is 0 Å². The molecule has 1 aromatic heterocycles. The Kier molecular flexibility index (Phi) is 2.77. The first kappa shape index (κ1) is 9.85. The van der Waals surface area contributed by atoms with Gasteiger partial charge in [-0.15, -0.1) is 0 Å². The number of nitrogen functional groups attached to an aromatic ring is 1. The van der Waals surface area contributed by atoms with Crippen molar-refractivity contribution in [3.63, 3.8) is 0 Å². The molecule has 1 aromatic rings. The quantitative estimate of drug-likeness (QED) is 0.754. The third-order valence-corrected chi connectivity index (χ3v) is 1.88. The van der Waals surface area contributed by atoms with Gasteiger partial charge in [0, 0.05) is 6.20 Å². The molecule has 0 aromatic carbocycles. The Bertz CT molecular complexity index is 344. The van der Waals surface area contributed by atoms with Crippen LogP contribution >= 0.6 is 11.6 Å². The number of nitrogens with two attached hydrogens (primary N) is 1. The SMILES string of the molecule is Nc1ncc(C(F)F)c(Cl)c1C=O. The molecule has 0 saturated heterocycles. The first-order valence-electron chi connectivity index (χ1n) is 3.25. The maximum atomic E-state index is 12.2. The summed E-state index contributed by atoms with van der Waals surface area (Å²) in [4.78, 5) is 13.8. The average Bonchev–Trinajstić information content (AvgIpc) is 2.04. The number of aldehydes is 1. The standard InChI is InChI=1S/C7H5ClF2N2O/c8-5-3(6(9)10)1-12-7(11)4(5)2-13/h1-2,6H,(H2,11,12). The van der Waals surface area contributed by atoms with E-state index in [0.29, 0.717) is 6.29 Å². The predicted octanol–water partition coefficient (Wildman–Crippen LogP) is 2.07. The summed E-state index contributed by atoms with van der Waals surface area (Å²) in [5.41, 5.74) is 4.55. The molecule has 70 valence electrons. The minimum atomic E-state index is -2.76. The maximum Gasteiger partial charge on any atom is 0.266 e. The lowest BCUT2D eigenvalue weighted by Crippen LogP contribution is -2.01. The molecule has 0 aliphatic heterocycles. The number of hydrogen-bond acceptors (Lipinski definition) is 3. The number of carbonyl (C=O) groups excluding carboxylic acids is 1. The second kappa shape index (κ2) is 3.66. The molecule has 3 nitrogen and oxygen atoms in total. The fraction of sp³-hybridized carbons (Fsp3) is 0.143. The van der Waals surface area contributed by atoms with E-state index in [-0.39, 0.29) is 16.4 Å². The third kappa shape index (κ3) is 1.75. The van der Waals surface area contributed by atoms with Gasteiger partial charge in [0.2, 0.25) is 0 Å². The Balaban J connectivity index is 3.35. The lowest BCUT2D eigenvalue weighted by Gasteiger charge is -2.05. The van der Waals surface area contributed by atoms with Gasteiger partial charge in [-0.1, -0.05) is 11.6 Å². The van der Waals surface area contributed by atoms with E-state index >= 15 is 0 Å². The van der Waals surface area contributed by atoms with Crippen molar-refractivity contribution >= 4 is 23.7 Å². The van der Waals surface area contributed by atoms with E-state index in [1.807, 2.05) is 0 Å². The molecular weight excluding hydrogens is 202 g/mol. The summed E-state index contributed by atoms with van der Waals surface area (Å²) in [6.45, 7) is 0. The smallest absolute Gasteiger partial charge is 0.266 e. The first-order valence-corrected chi connectivity index (χ1v) is 3.63. The minimum Gasteiger partial charge on any atom is -0.383 e. The van der Waals surface area contributed by atoms with Crippen LogP contribution in [0.3, 0.4) is 0 Å². The van der Waals surface area contributed by atoms with Crippen LogP contribution in [-0.4, -0.2) is 11.3 Å². The van der Waals surface area contributed by atoms with Crippen molar-refractivity contribution in [2.45, 2.75) is 6.43 Å². The molecule has 0 amide bonds. The first-order chi connectivity index (χ1) is 6.07. The minimum absolute atomic E-state index is 0.149. The van der Waals surface area contributed by atoms with Crippen LogP contribution in [0.5, 0.6) is 0 Å². The monoisotopic (exact) mass is 206 g/mol. The Labute approximate surface area is 77.5 Å². The van der Waals surface area contributed by atoms with Crippen molar-refractivity contribution < 1.29 is 13.6 Å². The number of carbonyl (C=O) groups is 1. The molecule has 0 unspecified atom stereocenters. The van der Waals surface area contributed by atoms with Crippen molar-refractivity contribution in [2.75, 3.05) is 5.73 Å². The van der Waals surface area contributed by atoms with E-state index in [1.54, 1.807) is 0 Å². The largest absolute Gasteiger partial charge is 0.383 e. The fourth-order valence-corrected chi connectivity index (χ4v) is 1.07. The van der Waals surface area contributed by atoms with Gasteiger partial charge in [0.15, 0.2) is 6.29 Å². The highest BCUT2D eigenvalue weighted by atomic mass is 35.5. The maximum absolute atomic E-state index is 12.2. The molecule has 1 rings (SSSR count). The normalized spacial score (nSPS) is 10.5. The highest BCUT2D eigenvalue weighted by Gasteiger charge is 2.17. The van der Waals surface area contributed by atoms with Crippen molar-refractivity contribution in [3.8, 4) is 0 Å². The zero-order valence-electron chi connectivity index (χ0n) is 6.30. The van der Waals surface area contributed by atoms with E-state index in [4.69, 9.17) is 17.3 Å². The number of halogens is 3. The lowest BCUT2D eigenvalue weighted by atomic mass is 10.2. The number of hydrogen-bond donors (Lipinski definition) is 1. The molecule has 0 radical (unpaired) electrons. The van der Waals surface area contributed by atoms with Crippen LogP contribution in [0.25, 0.3) is 0 Å². The summed E-state index contributed by atoms with van der Waals surface area (Å²) in [6.07, 6.45) is -1.61. The summed E-state index contributed by atoms with van der Waals surface area (Å²) >= 11 is 5.48. The van der Waals surface area contributed by atoms with Gasteiger partial charge >= 0.3 is 0 Å². The van der Waals surface area contributed by atoms with Crippen LogP contribution < -0.4 is 5.73 Å². The highest BCUT2D eigenvalue weighted by Crippen LogP contribution is 2.30. The van der Waals surface area contributed by atoms with Gasteiger partial charge in [-0.2, -0.15) is 0 Å². The van der Waals surface area contributed by atoms with Gasteiger partial charge < -0.3 is 5.73 Å². The van der Waals surface area contributed by atoms with E-state index in [2.05, 4.69) is 4.98 Å². The molecule has 0 spiro atoms. The summed E-state index contributed by atoms with van der Waals surface area (Å²) < 4.78 is 24.4. The zero-order valence-corrected chi connectivity index (χ0v) is 7.05. The van der Waals surface area contributed by atoms with Gasteiger partial charge in [-0.3, -0.25) is 4.79 Å². The number of aromatic nitrogens is 1. The van der Waals surface area contributed by atoms with Gasteiger partial charge in [0.25, 0.3) is 6.43 Å². The second-order valence-corrected chi connectivity index (χ2v) is 2.62. The van der Waals surface area contributed by atoms with Crippen LogP contribution in [0, 0.1) is 0 Å². The number of anilines is 1. The lowest BCUT2D eigenvalue weighted by molar-refractivity contribution is 0.112. The summed E-state index contributed by atoms with van der Waals surface area (Å²) in [5, 5.41) is -0.336. The summed E-state index contributed by atoms with van der Waals surface area (Å²) in [5.74, 6) is -0.149. The van der Waals surface area contributed by atoms with Crippen LogP contribution in [0.15, 0.2) is 6.20 Å². The van der Waals surface area contributed by atoms with Crippen LogP contribution in [0.1, 0.15) is 22.3 Å². The van der Waals surface area contributed by atoms with Gasteiger partial charge in [0.05, 0.1) is 16.1 Å². The molecule has 1 heterocycles.